The van der Waals surface area contributed by atoms with E-state index in [1.165, 1.54) is 7.11 Å². The van der Waals surface area contributed by atoms with E-state index in [2.05, 4.69) is 20.6 Å². The Morgan fingerprint density at radius 2 is 1.75 bits per heavy atom. The molecule has 0 bridgehead atoms. The SMILES string of the molecule is COC(=O)c1ccc(Nc2cc(C)nc(Nc3cc(Cl)ccc3OC)n2)cc1. The first-order chi connectivity index (χ1) is 13.5. The first-order valence-corrected chi connectivity index (χ1v) is 8.78. The average molecular weight is 399 g/mol. The van der Waals surface area contributed by atoms with Crippen molar-refractivity contribution in [1.82, 2.24) is 9.97 Å². The quantitative estimate of drug-likeness (QED) is 0.581. The van der Waals surface area contributed by atoms with Gasteiger partial charge in [-0.05, 0) is 49.4 Å². The molecule has 0 aliphatic heterocycles. The number of benzene rings is 2. The Labute approximate surface area is 167 Å². The van der Waals surface area contributed by atoms with E-state index in [0.29, 0.717) is 33.8 Å². The van der Waals surface area contributed by atoms with Crippen molar-refractivity contribution in [2.24, 2.45) is 0 Å². The highest BCUT2D eigenvalue weighted by molar-refractivity contribution is 6.31. The molecule has 1 aromatic heterocycles. The van der Waals surface area contributed by atoms with Crippen LogP contribution in [0.1, 0.15) is 16.1 Å². The van der Waals surface area contributed by atoms with Crippen LogP contribution < -0.4 is 15.4 Å². The number of hydrogen-bond donors (Lipinski definition) is 2. The Kier molecular flexibility index (Phi) is 5.96. The van der Waals surface area contributed by atoms with Crippen molar-refractivity contribution in [3.63, 3.8) is 0 Å². The number of nitrogens with zero attached hydrogens (tertiary/aromatic N) is 2. The number of aromatic nitrogens is 2. The minimum Gasteiger partial charge on any atom is -0.495 e. The van der Waals surface area contributed by atoms with Crippen molar-refractivity contribution in [2.45, 2.75) is 6.92 Å². The number of aryl methyl sites for hydroxylation is 1. The normalized spacial score (nSPS) is 10.3. The highest BCUT2D eigenvalue weighted by Crippen LogP contribution is 2.30. The smallest absolute Gasteiger partial charge is 0.337 e. The molecule has 0 amide bonds. The van der Waals surface area contributed by atoms with Gasteiger partial charge in [-0.15, -0.1) is 0 Å². The Bertz CT molecular complexity index is 993. The van der Waals surface area contributed by atoms with Gasteiger partial charge in [-0.25, -0.2) is 9.78 Å². The summed E-state index contributed by atoms with van der Waals surface area (Å²) in [4.78, 5) is 20.4. The summed E-state index contributed by atoms with van der Waals surface area (Å²) in [6.07, 6.45) is 0. The maximum absolute atomic E-state index is 11.5. The topological polar surface area (TPSA) is 85.4 Å². The summed E-state index contributed by atoms with van der Waals surface area (Å²) in [5, 5.41) is 6.89. The van der Waals surface area contributed by atoms with Gasteiger partial charge in [0.15, 0.2) is 0 Å². The van der Waals surface area contributed by atoms with E-state index in [9.17, 15) is 4.79 Å². The van der Waals surface area contributed by atoms with Crippen LogP contribution in [0.2, 0.25) is 5.02 Å². The third kappa shape index (κ3) is 4.69. The number of nitrogens with one attached hydrogen (secondary N) is 2. The minimum absolute atomic E-state index is 0.383. The molecule has 28 heavy (non-hydrogen) atoms. The lowest BCUT2D eigenvalue weighted by Gasteiger charge is -2.12. The van der Waals surface area contributed by atoms with E-state index < -0.39 is 0 Å². The molecule has 0 atom stereocenters. The van der Waals surface area contributed by atoms with Gasteiger partial charge >= 0.3 is 5.97 Å². The number of halogens is 1. The van der Waals surface area contributed by atoms with Gasteiger partial charge in [-0.1, -0.05) is 11.6 Å². The summed E-state index contributed by atoms with van der Waals surface area (Å²) in [6.45, 7) is 1.87. The number of methoxy groups -OCH3 is 2. The van der Waals surface area contributed by atoms with Crippen LogP contribution in [0.4, 0.5) is 23.1 Å². The number of ether oxygens (including phenoxy) is 2. The van der Waals surface area contributed by atoms with Gasteiger partial charge in [0, 0.05) is 22.5 Å². The molecule has 0 saturated heterocycles. The molecule has 0 aliphatic rings. The van der Waals surface area contributed by atoms with Crippen LogP contribution in [0.25, 0.3) is 0 Å². The molecule has 1 heterocycles. The van der Waals surface area contributed by atoms with E-state index in [1.807, 2.05) is 13.0 Å². The van der Waals surface area contributed by atoms with Gasteiger partial charge in [0.2, 0.25) is 5.95 Å². The fraction of sp³-hybridized carbons (Fsp3) is 0.150. The van der Waals surface area contributed by atoms with Crippen molar-refractivity contribution in [2.75, 3.05) is 24.9 Å². The molecule has 0 saturated carbocycles. The van der Waals surface area contributed by atoms with Crippen LogP contribution in [0, 0.1) is 6.92 Å². The predicted octanol–water partition coefficient (Wildman–Crippen LogP) is 4.72. The predicted molar refractivity (Wildman–Crippen MR) is 109 cm³/mol. The molecule has 144 valence electrons. The fourth-order valence-electron chi connectivity index (χ4n) is 2.54. The third-order valence-corrected chi connectivity index (χ3v) is 4.08. The Hall–Kier alpha value is -3.32. The molecule has 0 radical (unpaired) electrons. The van der Waals surface area contributed by atoms with Crippen molar-refractivity contribution in [3.8, 4) is 5.75 Å². The number of carbonyl (C=O) groups is 1. The first kappa shape index (κ1) is 19.4. The van der Waals surface area contributed by atoms with Crippen LogP contribution in [-0.4, -0.2) is 30.2 Å². The second-order valence-electron chi connectivity index (χ2n) is 5.88. The number of anilines is 4. The summed E-state index contributed by atoms with van der Waals surface area (Å²) in [5.74, 6) is 1.24. The molecule has 8 heteroatoms. The maximum atomic E-state index is 11.5. The molecule has 2 N–H and O–H groups in total. The second-order valence-corrected chi connectivity index (χ2v) is 6.32. The number of hydrogen-bond acceptors (Lipinski definition) is 7. The minimum atomic E-state index is -0.383. The van der Waals surface area contributed by atoms with Crippen LogP contribution >= 0.6 is 11.6 Å². The Morgan fingerprint density at radius 1 is 1.00 bits per heavy atom. The van der Waals surface area contributed by atoms with Crippen LogP contribution in [0.5, 0.6) is 5.75 Å². The monoisotopic (exact) mass is 398 g/mol. The number of carbonyl (C=O) groups excluding carboxylic acids is 1. The Morgan fingerprint density at radius 3 is 2.43 bits per heavy atom. The molecule has 0 spiro atoms. The fourth-order valence-corrected chi connectivity index (χ4v) is 2.71. The largest absolute Gasteiger partial charge is 0.495 e. The van der Waals surface area contributed by atoms with E-state index in [-0.39, 0.29) is 5.97 Å². The van der Waals surface area contributed by atoms with Crippen molar-refractivity contribution in [1.29, 1.82) is 0 Å². The van der Waals surface area contributed by atoms with E-state index in [4.69, 9.17) is 21.1 Å². The lowest BCUT2D eigenvalue weighted by Crippen LogP contribution is -2.04. The Balaban J connectivity index is 1.82. The molecule has 7 nitrogen and oxygen atoms in total. The van der Waals surface area contributed by atoms with Crippen LogP contribution in [0.3, 0.4) is 0 Å². The zero-order valence-electron chi connectivity index (χ0n) is 15.6. The van der Waals surface area contributed by atoms with E-state index >= 15 is 0 Å². The molecule has 3 aromatic rings. The van der Waals surface area contributed by atoms with Gasteiger partial charge in [0.05, 0.1) is 25.5 Å². The summed E-state index contributed by atoms with van der Waals surface area (Å²) < 4.78 is 10.0. The molecular weight excluding hydrogens is 380 g/mol. The lowest BCUT2D eigenvalue weighted by atomic mass is 10.2. The summed E-state index contributed by atoms with van der Waals surface area (Å²) >= 11 is 6.07. The highest BCUT2D eigenvalue weighted by Gasteiger charge is 2.09. The molecular formula is C20H19ClN4O3. The third-order valence-electron chi connectivity index (χ3n) is 3.84. The maximum Gasteiger partial charge on any atom is 0.337 e. The van der Waals surface area contributed by atoms with Crippen molar-refractivity contribution < 1.29 is 14.3 Å². The second kappa shape index (κ2) is 8.58. The number of esters is 1. The summed E-state index contributed by atoms with van der Waals surface area (Å²) in [5.41, 5.74) is 2.68. The molecule has 0 aliphatic carbocycles. The number of rotatable bonds is 6. The highest BCUT2D eigenvalue weighted by atomic mass is 35.5. The van der Waals surface area contributed by atoms with Crippen molar-refractivity contribution >= 4 is 40.7 Å². The van der Waals surface area contributed by atoms with Crippen molar-refractivity contribution in [3.05, 3.63) is 64.8 Å². The van der Waals surface area contributed by atoms with Gasteiger partial charge in [-0.3, -0.25) is 0 Å². The van der Waals surface area contributed by atoms with E-state index in [0.717, 1.165) is 11.4 Å². The van der Waals surface area contributed by atoms with Gasteiger partial charge < -0.3 is 20.1 Å². The van der Waals surface area contributed by atoms with Gasteiger partial charge in [0.25, 0.3) is 0 Å². The summed E-state index contributed by atoms with van der Waals surface area (Å²) in [7, 11) is 2.93. The molecule has 0 fully saturated rings. The van der Waals surface area contributed by atoms with Gasteiger partial charge in [0.1, 0.15) is 11.6 Å². The van der Waals surface area contributed by atoms with Crippen LogP contribution in [0.15, 0.2) is 48.5 Å². The summed E-state index contributed by atoms with van der Waals surface area (Å²) in [6, 6.07) is 14.0. The van der Waals surface area contributed by atoms with Crippen LogP contribution in [-0.2, 0) is 4.74 Å². The zero-order chi connectivity index (χ0) is 20.1. The zero-order valence-corrected chi connectivity index (χ0v) is 16.4. The van der Waals surface area contributed by atoms with E-state index in [1.54, 1.807) is 49.6 Å². The average Bonchev–Trinajstić information content (AvgIpc) is 2.68. The molecule has 3 rings (SSSR count). The first-order valence-electron chi connectivity index (χ1n) is 8.40. The standard InChI is InChI=1S/C20H19ClN4O3/c1-12-10-18(23-15-7-4-13(5-8-15)19(26)28-3)25-20(22-12)24-16-11-14(21)6-9-17(16)27-2/h4-11H,1-3H3,(H2,22,23,24,25). The van der Waals surface area contributed by atoms with Gasteiger partial charge in [-0.2, -0.15) is 4.98 Å². The lowest BCUT2D eigenvalue weighted by molar-refractivity contribution is 0.0601. The molecule has 0 unspecified atom stereocenters. The molecule has 2 aromatic carbocycles.